The minimum absolute atomic E-state index is 1.76. The largest absolute Gasteiger partial charge is 0.0545 e. The molecule has 0 spiro atoms. The van der Waals surface area contributed by atoms with Crippen LogP contribution in [0, 0.1) is 0 Å². The lowest BCUT2D eigenvalue weighted by Gasteiger charge is -1.94. The van der Waals surface area contributed by atoms with Crippen molar-refractivity contribution >= 4 is 60.9 Å². The molecule has 6 heteroatoms. The topological polar surface area (TPSA) is 0 Å². The molecule has 1 heterocycles. The van der Waals surface area contributed by atoms with Gasteiger partial charge in [0.2, 0.25) is 0 Å². The smallest absolute Gasteiger partial charge is 0.000550 e. The maximum absolute atomic E-state index is 2.09. The second-order valence-corrected chi connectivity index (χ2v) is 10.3. The van der Waals surface area contributed by atoms with E-state index in [1.807, 2.05) is 0 Å². The molecule has 0 N–H and O–H groups in total. The van der Waals surface area contributed by atoms with Gasteiger partial charge in [-0.15, -0.1) is 0 Å². The molecule has 0 aliphatic carbocycles. The van der Waals surface area contributed by atoms with Gasteiger partial charge in [0, 0.05) is 0 Å². The summed E-state index contributed by atoms with van der Waals surface area (Å²) in [6, 6.07) is 0. The second-order valence-electron chi connectivity index (χ2n) is 1.12. The van der Waals surface area contributed by atoms with E-state index in [0.717, 1.165) is 0 Å². The van der Waals surface area contributed by atoms with Crippen LogP contribution in [0.25, 0.3) is 0 Å². The third-order valence-electron chi connectivity index (χ3n) is 0.541. The minimum Gasteiger partial charge on any atom is -0.0545 e. The molecule has 1 rings (SSSR count). The van der Waals surface area contributed by atoms with Gasteiger partial charge in [-0.05, 0) is 50.1 Å². The van der Waals surface area contributed by atoms with Crippen LogP contribution in [0.3, 0.4) is 0 Å². The summed E-state index contributed by atoms with van der Waals surface area (Å²) < 4.78 is 0. The van der Waals surface area contributed by atoms with Crippen LogP contribution in [0.2, 0.25) is 0 Å². The van der Waals surface area contributed by atoms with E-state index in [-0.39, 0.29) is 0 Å². The lowest BCUT2D eigenvalue weighted by molar-refractivity contribution is 2.10. The van der Waals surface area contributed by atoms with E-state index < -0.39 is 0 Å². The fourth-order valence-corrected chi connectivity index (χ4v) is 10.2. The highest BCUT2D eigenvalue weighted by molar-refractivity contribution is 9.42. The quantitative estimate of drug-likeness (QED) is 0.546. The van der Waals surface area contributed by atoms with Crippen molar-refractivity contribution in [1.29, 1.82) is 0 Å². The Hall–Kier alpha value is 1.58. The molecular formula is C4H4S6. The third kappa shape index (κ3) is 5.26. The molecule has 1 aliphatic rings. The molecule has 0 amide bonds. The maximum Gasteiger partial charge on any atom is -0.000550 e. The van der Waals surface area contributed by atoms with Gasteiger partial charge in [-0.2, -0.15) is 0 Å². The van der Waals surface area contributed by atoms with Gasteiger partial charge >= 0.3 is 0 Å². The monoisotopic (exact) mass is 244 g/mol. The van der Waals surface area contributed by atoms with Crippen molar-refractivity contribution in [2.24, 2.45) is 0 Å². The second kappa shape index (κ2) is 7.24. The first kappa shape index (κ1) is 9.67. The standard InChI is InChI=1S/C4H4S6/c1-2-4-6-8-10-9-7-5-3-1/h1-4H/b3-1-,4-2+. The van der Waals surface area contributed by atoms with E-state index in [1.165, 1.54) is 0 Å². The Bertz CT molecular complexity index is 114. The Labute approximate surface area is 83.2 Å². The van der Waals surface area contributed by atoms with E-state index in [4.69, 9.17) is 0 Å². The minimum atomic E-state index is 1.76. The lowest BCUT2D eigenvalue weighted by atomic mass is 10.6. The number of rotatable bonds is 0. The maximum atomic E-state index is 2.09. The molecule has 0 nitrogen and oxygen atoms in total. The van der Waals surface area contributed by atoms with Crippen molar-refractivity contribution in [1.82, 2.24) is 0 Å². The number of hydrogen-bond acceptors (Lipinski definition) is 6. The highest BCUT2D eigenvalue weighted by atomic mass is 33.9. The van der Waals surface area contributed by atoms with E-state index in [9.17, 15) is 0 Å². The predicted molar refractivity (Wildman–Crippen MR) is 63.8 cm³/mol. The van der Waals surface area contributed by atoms with Crippen molar-refractivity contribution in [3.63, 3.8) is 0 Å². The summed E-state index contributed by atoms with van der Waals surface area (Å²) in [5.41, 5.74) is 0. The molecule has 0 bridgehead atoms. The van der Waals surface area contributed by atoms with Crippen LogP contribution in [0.5, 0.6) is 0 Å². The molecule has 0 aromatic heterocycles. The zero-order valence-corrected chi connectivity index (χ0v) is 9.66. The van der Waals surface area contributed by atoms with Crippen LogP contribution in [-0.2, 0) is 0 Å². The first-order chi connectivity index (χ1) is 5.00. The highest BCUT2D eigenvalue weighted by Crippen LogP contribution is 2.53. The van der Waals surface area contributed by atoms with Crippen molar-refractivity contribution in [2.75, 3.05) is 0 Å². The molecule has 0 atom stereocenters. The lowest BCUT2D eigenvalue weighted by Crippen LogP contribution is -1.45. The molecule has 56 valence electrons. The SMILES string of the molecule is C1=C\SSSSSS/C=C/1. The van der Waals surface area contributed by atoms with E-state index >= 15 is 0 Å². The zero-order valence-electron chi connectivity index (χ0n) is 4.76. The van der Waals surface area contributed by atoms with Gasteiger partial charge in [0.15, 0.2) is 0 Å². The number of hydrogen-bond donors (Lipinski definition) is 0. The summed E-state index contributed by atoms with van der Waals surface area (Å²) in [6.07, 6.45) is 4.11. The normalized spacial score (nSPS) is 27.2. The van der Waals surface area contributed by atoms with Gasteiger partial charge in [-0.25, -0.2) is 0 Å². The average Bonchev–Trinajstić information content (AvgIpc) is 2.01. The summed E-state index contributed by atoms with van der Waals surface area (Å²) in [4.78, 5) is 0. The van der Waals surface area contributed by atoms with Crippen LogP contribution in [0.1, 0.15) is 0 Å². The van der Waals surface area contributed by atoms with Gasteiger partial charge < -0.3 is 0 Å². The van der Waals surface area contributed by atoms with E-state index in [1.54, 1.807) is 60.9 Å². The summed E-state index contributed by atoms with van der Waals surface area (Å²) in [5, 5.41) is 4.18. The molecule has 0 aromatic rings. The van der Waals surface area contributed by atoms with Gasteiger partial charge in [-0.1, -0.05) is 33.7 Å². The van der Waals surface area contributed by atoms with Crippen molar-refractivity contribution in [3.8, 4) is 0 Å². The number of allylic oxidation sites excluding steroid dienone is 2. The van der Waals surface area contributed by atoms with Crippen LogP contribution >= 0.6 is 60.9 Å². The van der Waals surface area contributed by atoms with E-state index in [2.05, 4.69) is 23.0 Å². The van der Waals surface area contributed by atoms with Crippen molar-refractivity contribution in [3.05, 3.63) is 23.0 Å². The van der Waals surface area contributed by atoms with Gasteiger partial charge in [0.1, 0.15) is 0 Å². The fraction of sp³-hybridized carbons (Fsp3) is 0. The Kier molecular flexibility index (Phi) is 7.00. The first-order valence-electron chi connectivity index (χ1n) is 2.30. The molecule has 0 unspecified atom stereocenters. The molecule has 10 heavy (non-hydrogen) atoms. The molecule has 0 aromatic carbocycles. The molecular weight excluding hydrogens is 240 g/mol. The summed E-state index contributed by atoms with van der Waals surface area (Å²) >= 11 is 0. The van der Waals surface area contributed by atoms with Crippen LogP contribution in [-0.4, -0.2) is 0 Å². The first-order valence-corrected chi connectivity index (χ1v) is 9.91. The van der Waals surface area contributed by atoms with Crippen LogP contribution in [0.15, 0.2) is 23.0 Å². The zero-order chi connectivity index (χ0) is 7.07. The molecule has 0 fully saturated rings. The Balaban J connectivity index is 2.26. The van der Waals surface area contributed by atoms with Crippen LogP contribution < -0.4 is 0 Å². The van der Waals surface area contributed by atoms with Crippen molar-refractivity contribution in [2.45, 2.75) is 0 Å². The van der Waals surface area contributed by atoms with Crippen molar-refractivity contribution < 1.29 is 0 Å². The molecule has 0 saturated carbocycles. The van der Waals surface area contributed by atoms with Gasteiger partial charge in [0.25, 0.3) is 0 Å². The third-order valence-corrected chi connectivity index (χ3v) is 10.5. The van der Waals surface area contributed by atoms with Gasteiger partial charge in [0.05, 0.1) is 0 Å². The molecule has 0 radical (unpaired) electrons. The fourth-order valence-electron chi connectivity index (χ4n) is 0.255. The predicted octanol–water partition coefficient (Wildman–Crippen LogP) is 5.00. The Morgan fingerprint density at radius 1 is 0.600 bits per heavy atom. The van der Waals surface area contributed by atoms with E-state index in [0.29, 0.717) is 0 Å². The van der Waals surface area contributed by atoms with Crippen LogP contribution in [0.4, 0.5) is 0 Å². The van der Waals surface area contributed by atoms with Gasteiger partial charge in [-0.3, -0.25) is 0 Å². The summed E-state index contributed by atoms with van der Waals surface area (Å²) in [6.45, 7) is 0. The Morgan fingerprint density at radius 3 is 1.60 bits per heavy atom. The summed E-state index contributed by atoms with van der Waals surface area (Å²) in [5.74, 6) is 0. The highest BCUT2D eigenvalue weighted by Gasteiger charge is 1.91. The summed E-state index contributed by atoms with van der Waals surface area (Å²) in [7, 11) is 10.7. The Morgan fingerprint density at radius 2 is 1.10 bits per heavy atom. The molecule has 0 saturated heterocycles. The molecule has 1 aliphatic heterocycles. The average molecular weight is 244 g/mol.